The number of carbonyl (C=O) groups excluding carboxylic acids is 2. The zero-order chi connectivity index (χ0) is 7.98. The van der Waals surface area contributed by atoms with Crippen molar-refractivity contribution in [2.75, 3.05) is 5.88 Å². The Morgan fingerprint density at radius 3 is 2.50 bits per heavy atom. The van der Waals surface area contributed by atoms with Crippen LogP contribution >= 0.6 is 11.6 Å². The zero-order valence-corrected chi connectivity index (χ0v) is 6.48. The van der Waals surface area contributed by atoms with E-state index < -0.39 is 11.9 Å². The summed E-state index contributed by atoms with van der Waals surface area (Å²) < 4.78 is 4.22. The van der Waals surface area contributed by atoms with Crippen LogP contribution in [0.5, 0.6) is 0 Å². The highest BCUT2D eigenvalue weighted by Gasteiger charge is 2.03. The molecule has 0 N–H and O–H groups in total. The van der Waals surface area contributed by atoms with Gasteiger partial charge in [0.15, 0.2) is 0 Å². The molecule has 0 aromatic carbocycles. The van der Waals surface area contributed by atoms with Crippen LogP contribution in [0.25, 0.3) is 0 Å². The first-order chi connectivity index (χ1) is 4.66. The summed E-state index contributed by atoms with van der Waals surface area (Å²) in [6.07, 6.45) is 0.761. The molecule has 4 heteroatoms. The van der Waals surface area contributed by atoms with Crippen LogP contribution in [-0.2, 0) is 14.3 Å². The molecule has 0 aliphatic heterocycles. The fraction of sp³-hybridized carbons (Fsp3) is 0.667. The topological polar surface area (TPSA) is 43.4 Å². The lowest BCUT2D eigenvalue weighted by atomic mass is 10.3. The normalized spacial score (nSPS) is 9.00. The van der Waals surface area contributed by atoms with Gasteiger partial charge in [0.05, 0.1) is 0 Å². The van der Waals surface area contributed by atoms with E-state index in [4.69, 9.17) is 11.6 Å². The maximum atomic E-state index is 10.5. The second-order valence-corrected chi connectivity index (χ2v) is 2.14. The van der Waals surface area contributed by atoms with Gasteiger partial charge in [-0.15, -0.1) is 11.6 Å². The van der Waals surface area contributed by atoms with Gasteiger partial charge in [0.25, 0.3) is 0 Å². The maximum absolute atomic E-state index is 10.5. The van der Waals surface area contributed by atoms with Gasteiger partial charge in [-0.05, 0) is 6.42 Å². The molecule has 0 aliphatic carbocycles. The average Bonchev–Trinajstić information content (AvgIpc) is 1.82. The molecule has 0 saturated heterocycles. The van der Waals surface area contributed by atoms with Crippen molar-refractivity contribution in [1.82, 2.24) is 0 Å². The van der Waals surface area contributed by atoms with Gasteiger partial charge in [0.2, 0.25) is 0 Å². The Morgan fingerprint density at radius 2 is 2.10 bits per heavy atom. The summed E-state index contributed by atoms with van der Waals surface area (Å²) in [5.74, 6) is -0.666. The molecule has 0 aromatic heterocycles. The van der Waals surface area contributed by atoms with Gasteiger partial charge < -0.3 is 4.74 Å². The Hall–Kier alpha value is -0.570. The number of rotatable bonds is 3. The molecule has 0 heterocycles. The largest absolute Gasteiger partial charge is 0.393 e. The van der Waals surface area contributed by atoms with Crippen LogP contribution in [-0.4, -0.2) is 17.8 Å². The van der Waals surface area contributed by atoms with Crippen molar-refractivity contribution < 1.29 is 14.3 Å². The third-order valence-corrected chi connectivity index (χ3v) is 1.04. The van der Waals surface area contributed by atoms with E-state index in [2.05, 4.69) is 4.74 Å². The first-order valence-corrected chi connectivity index (χ1v) is 3.47. The van der Waals surface area contributed by atoms with Gasteiger partial charge in [0.1, 0.15) is 0 Å². The summed E-state index contributed by atoms with van der Waals surface area (Å²) in [5, 5.41) is 0. The van der Waals surface area contributed by atoms with Crippen LogP contribution in [0.2, 0.25) is 0 Å². The summed E-state index contributed by atoms with van der Waals surface area (Å²) in [6, 6.07) is 0. The molecule has 0 fully saturated rings. The number of ether oxygens (including phenoxy) is 1. The fourth-order valence-electron chi connectivity index (χ4n) is 0.422. The molecule has 0 aromatic rings. The van der Waals surface area contributed by atoms with Crippen molar-refractivity contribution in [3.8, 4) is 0 Å². The molecule has 0 aliphatic rings. The maximum Gasteiger partial charge on any atom is 0.313 e. The van der Waals surface area contributed by atoms with E-state index in [0.29, 0.717) is 12.3 Å². The van der Waals surface area contributed by atoms with Crippen LogP contribution in [0, 0.1) is 0 Å². The smallest absolute Gasteiger partial charge is 0.313 e. The summed E-state index contributed by atoms with van der Waals surface area (Å²) in [7, 11) is 0. The Morgan fingerprint density at radius 1 is 1.50 bits per heavy atom. The Kier molecular flexibility index (Phi) is 4.94. The van der Waals surface area contributed by atoms with Crippen LogP contribution in [0.3, 0.4) is 0 Å². The summed E-state index contributed by atoms with van der Waals surface area (Å²) in [4.78, 5) is 20.7. The van der Waals surface area contributed by atoms with Gasteiger partial charge in [-0.2, -0.15) is 0 Å². The quantitative estimate of drug-likeness (QED) is 0.356. The van der Waals surface area contributed by atoms with Crippen molar-refractivity contribution in [1.29, 1.82) is 0 Å². The first-order valence-electron chi connectivity index (χ1n) is 2.94. The molecule has 10 heavy (non-hydrogen) atoms. The average molecular weight is 165 g/mol. The minimum atomic E-state index is -0.570. The molecule has 0 amide bonds. The van der Waals surface area contributed by atoms with E-state index in [0.717, 1.165) is 0 Å². The molecular formula is C6H9ClO3. The van der Waals surface area contributed by atoms with Gasteiger partial charge in [0, 0.05) is 19.2 Å². The third-order valence-electron chi connectivity index (χ3n) is 0.772. The van der Waals surface area contributed by atoms with Crippen LogP contribution in [0.4, 0.5) is 0 Å². The first kappa shape index (κ1) is 9.43. The van der Waals surface area contributed by atoms with Crippen molar-refractivity contribution in [2.45, 2.75) is 19.8 Å². The van der Waals surface area contributed by atoms with E-state index in [-0.39, 0.29) is 6.42 Å². The monoisotopic (exact) mass is 164 g/mol. The number of hydrogen-bond acceptors (Lipinski definition) is 3. The molecule has 3 nitrogen and oxygen atoms in total. The Balaban J connectivity index is 3.35. The van der Waals surface area contributed by atoms with Crippen LogP contribution in [0.1, 0.15) is 19.8 Å². The summed E-state index contributed by atoms with van der Waals surface area (Å²) in [5.41, 5.74) is 0. The predicted octanol–water partition coefficient (Wildman–Crippen LogP) is 1.10. The molecule has 58 valence electrons. The van der Waals surface area contributed by atoms with Gasteiger partial charge >= 0.3 is 11.9 Å². The van der Waals surface area contributed by atoms with Gasteiger partial charge in [-0.1, -0.05) is 0 Å². The summed E-state index contributed by atoms with van der Waals surface area (Å²) in [6.45, 7) is 1.19. The highest BCUT2D eigenvalue weighted by molar-refractivity contribution is 6.17. The highest BCUT2D eigenvalue weighted by Crippen LogP contribution is 1.94. The lowest BCUT2D eigenvalue weighted by molar-refractivity contribution is -0.158. The lowest BCUT2D eigenvalue weighted by Crippen LogP contribution is -2.08. The van der Waals surface area contributed by atoms with Gasteiger partial charge in [-0.3, -0.25) is 9.59 Å². The Labute approximate surface area is 64.3 Å². The van der Waals surface area contributed by atoms with Crippen LogP contribution < -0.4 is 0 Å². The minimum absolute atomic E-state index is 0.211. The molecule has 0 radical (unpaired) electrons. The number of esters is 2. The number of hydrogen-bond donors (Lipinski definition) is 0. The molecule has 0 saturated carbocycles. The molecule has 0 atom stereocenters. The Bertz CT molecular complexity index is 133. The number of halogens is 1. The summed E-state index contributed by atoms with van der Waals surface area (Å²) >= 11 is 5.29. The van der Waals surface area contributed by atoms with Crippen molar-refractivity contribution in [3.63, 3.8) is 0 Å². The minimum Gasteiger partial charge on any atom is -0.393 e. The second-order valence-electron chi connectivity index (χ2n) is 1.76. The molecule has 0 spiro atoms. The predicted molar refractivity (Wildman–Crippen MR) is 36.7 cm³/mol. The van der Waals surface area contributed by atoms with Crippen molar-refractivity contribution >= 4 is 23.5 Å². The van der Waals surface area contributed by atoms with Gasteiger partial charge in [-0.25, -0.2) is 0 Å². The third kappa shape index (κ3) is 5.56. The number of carbonyl (C=O) groups is 2. The van der Waals surface area contributed by atoms with E-state index >= 15 is 0 Å². The standard InChI is InChI=1S/C6H9ClO3/c1-5(8)10-6(9)3-2-4-7/h2-4H2,1H3. The molecule has 0 rings (SSSR count). The fourth-order valence-corrected chi connectivity index (χ4v) is 0.556. The van der Waals surface area contributed by atoms with E-state index in [1.165, 1.54) is 6.92 Å². The molecular weight excluding hydrogens is 156 g/mol. The second kappa shape index (κ2) is 5.23. The van der Waals surface area contributed by atoms with E-state index in [9.17, 15) is 9.59 Å². The SMILES string of the molecule is CC(=O)OC(=O)CCCCl. The van der Waals surface area contributed by atoms with E-state index in [1.807, 2.05) is 0 Å². The molecule has 0 bridgehead atoms. The van der Waals surface area contributed by atoms with Crippen LogP contribution in [0.15, 0.2) is 0 Å². The van der Waals surface area contributed by atoms with Crippen molar-refractivity contribution in [3.05, 3.63) is 0 Å². The lowest BCUT2D eigenvalue weighted by Gasteiger charge is -1.95. The van der Waals surface area contributed by atoms with E-state index in [1.54, 1.807) is 0 Å². The van der Waals surface area contributed by atoms with Crippen molar-refractivity contribution in [2.24, 2.45) is 0 Å². The zero-order valence-electron chi connectivity index (χ0n) is 5.72. The number of alkyl halides is 1. The molecule has 0 unspecified atom stereocenters. The highest BCUT2D eigenvalue weighted by atomic mass is 35.5.